The van der Waals surface area contributed by atoms with Gasteiger partial charge in [-0.1, -0.05) is 70.7 Å². The number of thioether (sulfide) groups is 2. The van der Waals surface area contributed by atoms with Gasteiger partial charge in [-0.05, 0) is 106 Å². The fourth-order valence-electron chi connectivity index (χ4n) is 7.14. The molecule has 2 aromatic heterocycles. The van der Waals surface area contributed by atoms with Crippen molar-refractivity contribution in [2.24, 2.45) is 11.8 Å². The predicted octanol–water partition coefficient (Wildman–Crippen LogP) is 12.6. The molecule has 11 heteroatoms. The molecule has 2 aliphatic heterocycles. The summed E-state index contributed by atoms with van der Waals surface area (Å²) in [5, 5.41) is 4.72. The number of hydrogen-bond donors (Lipinski definition) is 0. The third-order valence-corrected chi connectivity index (χ3v) is 15.3. The van der Waals surface area contributed by atoms with E-state index in [2.05, 4.69) is 128 Å². The van der Waals surface area contributed by atoms with Crippen molar-refractivity contribution in [3.05, 3.63) is 136 Å². The van der Waals surface area contributed by atoms with E-state index >= 15 is 0 Å². The first kappa shape index (κ1) is 43.2. The summed E-state index contributed by atoms with van der Waals surface area (Å²) in [4.78, 5) is 12.3. The van der Waals surface area contributed by atoms with Crippen molar-refractivity contribution < 1.29 is 13.5 Å². The van der Waals surface area contributed by atoms with Gasteiger partial charge in [0.25, 0.3) is 0 Å². The summed E-state index contributed by atoms with van der Waals surface area (Å²) in [5.74, 6) is 1.91. The molecule has 0 N–H and O–H groups in total. The Morgan fingerprint density at radius 1 is 0.712 bits per heavy atom. The van der Waals surface area contributed by atoms with Gasteiger partial charge < -0.3 is 9.80 Å². The van der Waals surface area contributed by atoms with Crippen LogP contribution in [0.4, 0.5) is 11.4 Å². The van der Waals surface area contributed by atoms with Crippen molar-refractivity contribution in [1.29, 1.82) is 0 Å². The van der Waals surface area contributed by atoms with Crippen LogP contribution >= 0.6 is 66.1 Å². The Kier molecular flexibility index (Phi) is 17.9. The molecule has 4 atom stereocenters. The molecule has 4 heterocycles. The van der Waals surface area contributed by atoms with Crippen molar-refractivity contribution in [2.75, 3.05) is 28.0 Å². The number of allylic oxidation sites excluding steroid dienone is 2. The standard InChI is InChI=1S/C21H27N2.C8H10S2.2C5H4ClN.C2H4.2ClH.Ru/c1-14-9-16(3)20(17(4)10-14)22-7-8-23(13-22)21-18(5)11-15(2)12-19(21)6;1-2-6-3-5(1)7-8(6)10-4-9-7;2*6-5-2-1-3-7-4-5;1-2;;;/h9-13H,7-8H2,1-6H3;1-2,5-8H,3-4H2;2*1-4H;1H,2H3;2*1H;/q-1;;;;;;;+2/p-2. The molecule has 2 aliphatic carbocycles. The summed E-state index contributed by atoms with van der Waals surface area (Å²) in [6.45, 7) is 19.4. The SMILES string of the molecule is C1=CC2CC1C1SCSC21.C[CH]=[Ru]([Cl])[Cl].Cc1cc(C)c(N2[CH-]N(c3c(C)cc(C)cc3C)CC2)c(C)c1.Clc1cccnc1.Clc1cccnc1. The fraction of sp³-hybridized carbons (Fsp3) is 0.366. The molecular weight excluding hydrogens is 855 g/mol. The van der Waals surface area contributed by atoms with E-state index in [-0.39, 0.29) is 0 Å². The fourth-order valence-corrected chi connectivity index (χ4v) is 11.1. The molecule has 4 nitrogen and oxygen atoms in total. The van der Waals surface area contributed by atoms with Gasteiger partial charge in [-0.3, -0.25) is 9.97 Å². The number of halogens is 4. The number of nitrogens with zero attached hydrogens (tertiary/aromatic N) is 4. The van der Waals surface area contributed by atoms with Crippen LogP contribution in [0.2, 0.25) is 10.0 Å². The van der Waals surface area contributed by atoms with Crippen LogP contribution in [0.5, 0.6) is 0 Å². The van der Waals surface area contributed by atoms with Gasteiger partial charge in [-0.15, -0.1) is 23.5 Å². The van der Waals surface area contributed by atoms with Gasteiger partial charge in [0.2, 0.25) is 0 Å². The van der Waals surface area contributed by atoms with E-state index in [1.807, 2.05) is 11.5 Å². The minimum Gasteiger partial charge on any atom is -0.502 e. The largest absolute Gasteiger partial charge is 0.502 e. The van der Waals surface area contributed by atoms with E-state index in [0.717, 1.165) is 35.4 Å². The summed E-state index contributed by atoms with van der Waals surface area (Å²) in [7, 11) is 10.6. The van der Waals surface area contributed by atoms with Crippen LogP contribution in [0, 0.1) is 60.0 Å². The van der Waals surface area contributed by atoms with Crippen LogP contribution in [0.1, 0.15) is 46.7 Å². The third-order valence-electron chi connectivity index (χ3n) is 8.95. The third kappa shape index (κ3) is 12.8. The Balaban J connectivity index is 0.000000170. The number of aromatic nitrogens is 2. The number of hydrogen-bond acceptors (Lipinski definition) is 6. The molecule has 4 unspecified atom stereocenters. The van der Waals surface area contributed by atoms with Gasteiger partial charge in [0.15, 0.2) is 0 Å². The quantitative estimate of drug-likeness (QED) is 0.113. The maximum absolute atomic E-state index is 5.48. The Morgan fingerprint density at radius 2 is 1.10 bits per heavy atom. The van der Waals surface area contributed by atoms with Crippen molar-refractivity contribution in [3.63, 3.8) is 0 Å². The molecule has 1 saturated carbocycles. The summed E-state index contributed by atoms with van der Waals surface area (Å²) >= 11 is 14.0. The molecule has 4 aliphatic rings. The Hall–Kier alpha value is -1.57. The van der Waals surface area contributed by atoms with Crippen LogP contribution in [-0.4, -0.2) is 43.3 Å². The average Bonchev–Trinajstić information content (AvgIpc) is 3.91. The molecule has 8 rings (SSSR count). The zero-order valence-electron chi connectivity index (χ0n) is 30.8. The number of anilines is 2. The topological polar surface area (TPSA) is 32.3 Å². The van der Waals surface area contributed by atoms with Gasteiger partial charge >= 0.3 is 44.4 Å². The summed E-state index contributed by atoms with van der Waals surface area (Å²) in [5.41, 5.74) is 10.8. The smallest absolute Gasteiger partial charge is 0.0589 e. The molecule has 52 heavy (non-hydrogen) atoms. The second-order valence-electron chi connectivity index (χ2n) is 13.1. The minimum absolute atomic E-state index is 0.683. The number of rotatable bonds is 2. The van der Waals surface area contributed by atoms with Gasteiger partial charge in [0.05, 0.1) is 10.0 Å². The maximum Gasteiger partial charge on any atom is 0.0589 e. The molecule has 282 valence electrons. The molecule has 2 bridgehead atoms. The Labute approximate surface area is 343 Å². The van der Waals surface area contributed by atoms with E-state index in [4.69, 9.17) is 42.6 Å². The molecule has 0 amide bonds. The van der Waals surface area contributed by atoms with E-state index in [1.165, 1.54) is 56.3 Å². The monoisotopic (exact) mass is 903 g/mol. The van der Waals surface area contributed by atoms with E-state index in [0.29, 0.717) is 10.0 Å². The number of benzene rings is 2. The van der Waals surface area contributed by atoms with Crippen molar-refractivity contribution in [1.82, 2.24) is 9.97 Å². The maximum atomic E-state index is 5.48. The second kappa shape index (κ2) is 21.5. The van der Waals surface area contributed by atoms with Gasteiger partial charge in [0.1, 0.15) is 0 Å². The van der Waals surface area contributed by atoms with Gasteiger partial charge in [0, 0.05) is 64.8 Å². The molecule has 0 radical (unpaired) electrons. The van der Waals surface area contributed by atoms with Gasteiger partial charge in [-0.2, -0.15) is 6.67 Å². The molecule has 0 spiro atoms. The number of pyridine rings is 2. The first-order valence-corrected chi connectivity index (χ1v) is 25.6. The molecule has 3 fully saturated rings. The van der Waals surface area contributed by atoms with Crippen LogP contribution in [-0.2, 0) is 13.5 Å². The average molecular weight is 905 g/mol. The van der Waals surface area contributed by atoms with Crippen molar-refractivity contribution >= 4 is 82.1 Å². The van der Waals surface area contributed by atoms with Crippen molar-refractivity contribution in [2.45, 2.75) is 65.4 Å². The van der Waals surface area contributed by atoms with E-state index < -0.39 is 13.5 Å². The van der Waals surface area contributed by atoms with Crippen LogP contribution in [0.25, 0.3) is 0 Å². The van der Waals surface area contributed by atoms with Crippen LogP contribution in [0.15, 0.2) is 85.5 Å². The van der Waals surface area contributed by atoms with Crippen LogP contribution < -0.4 is 9.80 Å². The second-order valence-corrected chi connectivity index (χ2v) is 22.9. The zero-order chi connectivity index (χ0) is 37.8. The number of aryl methyl sites for hydroxylation is 6. The summed E-state index contributed by atoms with van der Waals surface area (Å²) < 4.78 is 1.84. The summed E-state index contributed by atoms with van der Waals surface area (Å²) in [6, 6.07) is 16.3. The van der Waals surface area contributed by atoms with E-state index in [1.54, 1.807) is 49.1 Å². The Bertz CT molecular complexity index is 1630. The summed E-state index contributed by atoms with van der Waals surface area (Å²) in [6.07, 6.45) is 12.9. The Morgan fingerprint density at radius 3 is 1.38 bits per heavy atom. The first-order valence-electron chi connectivity index (χ1n) is 17.2. The molecule has 2 aromatic carbocycles. The van der Waals surface area contributed by atoms with Gasteiger partial charge in [-0.25, -0.2) is 0 Å². The number of fused-ring (bicyclic) bond motifs is 5. The molecule has 4 aromatic rings. The van der Waals surface area contributed by atoms with E-state index in [9.17, 15) is 0 Å². The first-order chi connectivity index (χ1) is 24.9. The molecular formula is C41H49Cl4N4RuS2-. The molecule has 2 saturated heterocycles. The zero-order valence-corrected chi connectivity index (χ0v) is 37.2. The minimum atomic E-state index is -1.36. The van der Waals surface area contributed by atoms with Crippen LogP contribution in [0.3, 0.4) is 0 Å². The van der Waals surface area contributed by atoms with Crippen molar-refractivity contribution in [3.8, 4) is 0 Å². The predicted molar refractivity (Wildman–Crippen MR) is 231 cm³/mol. The normalized spacial score (nSPS) is 20.6.